The van der Waals surface area contributed by atoms with Gasteiger partial charge >= 0.3 is 0 Å². The fourth-order valence-electron chi connectivity index (χ4n) is 10.6. The molecule has 4 fully saturated rings. The third-order valence-electron chi connectivity index (χ3n) is 14.5. The first kappa shape index (κ1) is 50.3. The van der Waals surface area contributed by atoms with Gasteiger partial charge in [-0.2, -0.15) is 0 Å². The summed E-state index contributed by atoms with van der Waals surface area (Å²) < 4.78 is 70.8. The largest absolute Gasteiger partial charge is 0.363 e. The highest BCUT2D eigenvalue weighted by Gasteiger charge is 2.45. The van der Waals surface area contributed by atoms with Crippen molar-refractivity contribution in [1.29, 1.82) is 0 Å². The summed E-state index contributed by atoms with van der Waals surface area (Å²) in [6, 6.07) is 36.2. The predicted octanol–water partition coefficient (Wildman–Crippen LogP) is 9.84. The van der Waals surface area contributed by atoms with Gasteiger partial charge in [0.2, 0.25) is 23.6 Å². The Kier molecular flexibility index (Phi) is 15.4. The maximum absolute atomic E-state index is 14.3. The molecule has 5 aromatic rings. The molecule has 0 saturated carbocycles. The molecule has 72 heavy (non-hydrogen) atoms. The summed E-state index contributed by atoms with van der Waals surface area (Å²) in [6.07, 6.45) is 0.874. The molecule has 4 unspecified atom stereocenters. The van der Waals surface area contributed by atoms with Crippen molar-refractivity contribution in [2.24, 2.45) is 0 Å². The number of alkyl halides is 4. The highest BCUT2D eigenvalue weighted by atomic mass is 19.3. The van der Waals surface area contributed by atoms with Crippen molar-refractivity contribution in [2.75, 3.05) is 54.8 Å². The van der Waals surface area contributed by atoms with Crippen molar-refractivity contribution in [3.8, 4) is 0 Å². The molecule has 0 aromatic heterocycles. The van der Waals surface area contributed by atoms with Crippen molar-refractivity contribution in [1.82, 2.24) is 19.6 Å². The number of piperidine rings is 2. The Labute approximate surface area is 416 Å². The second-order valence-corrected chi connectivity index (χ2v) is 19.5. The van der Waals surface area contributed by atoms with E-state index < -0.39 is 36.0 Å². The molecule has 9 rings (SSSR count). The second-order valence-electron chi connectivity index (χ2n) is 19.5. The van der Waals surface area contributed by atoms with Crippen molar-refractivity contribution < 1.29 is 41.1 Å². The molecule has 4 aliphatic rings. The van der Waals surface area contributed by atoms with Crippen LogP contribution in [0.2, 0.25) is 0 Å². The molecule has 2 N–H and O–H groups in total. The van der Waals surface area contributed by atoms with Crippen LogP contribution < -0.4 is 15.5 Å². The molecule has 4 heterocycles. The molecule has 11 nitrogen and oxygen atoms in total. The number of carbonyl (C=O) groups is 4. The second kappa shape index (κ2) is 22.0. The zero-order valence-corrected chi connectivity index (χ0v) is 40.1. The Morgan fingerprint density at radius 2 is 0.889 bits per heavy atom. The number of hydrogen-bond acceptors (Lipinski definition) is 7. The molecule has 0 radical (unpaired) electrons. The average Bonchev–Trinajstić information content (AvgIpc) is 4.09. The number of nitrogens with one attached hydrogen (secondary N) is 2. The highest BCUT2D eigenvalue weighted by Crippen LogP contribution is 2.37. The zero-order valence-electron chi connectivity index (χ0n) is 40.1. The number of anilines is 3. The van der Waals surface area contributed by atoms with Crippen LogP contribution in [0, 0.1) is 5.82 Å². The van der Waals surface area contributed by atoms with Crippen LogP contribution in [0.1, 0.15) is 85.7 Å². The van der Waals surface area contributed by atoms with E-state index in [4.69, 9.17) is 0 Å². The van der Waals surface area contributed by atoms with Crippen LogP contribution in [0.25, 0.3) is 0 Å². The van der Waals surface area contributed by atoms with Crippen molar-refractivity contribution in [3.63, 3.8) is 0 Å². The van der Waals surface area contributed by atoms with Gasteiger partial charge in [-0.15, -0.1) is 0 Å². The minimum absolute atomic E-state index is 0.0693. The number of likely N-dealkylation sites (tertiary alicyclic amines) is 4. The highest BCUT2D eigenvalue weighted by molar-refractivity contribution is 5.99. The number of hydrogen-bond donors (Lipinski definition) is 2. The molecule has 4 amide bonds. The van der Waals surface area contributed by atoms with Gasteiger partial charge in [0, 0.05) is 95.1 Å². The Bertz CT molecular complexity index is 2480. The van der Waals surface area contributed by atoms with E-state index in [1.54, 1.807) is 56.0 Å². The maximum Gasteiger partial charge on any atom is 0.250 e. The lowest BCUT2D eigenvalue weighted by molar-refractivity contribution is -0.144. The normalized spacial score (nSPS) is 20.9. The number of amides is 4. The van der Waals surface area contributed by atoms with Crippen molar-refractivity contribution in [3.05, 3.63) is 162 Å². The van der Waals surface area contributed by atoms with Crippen LogP contribution in [0.4, 0.5) is 39.0 Å². The first-order chi connectivity index (χ1) is 34.7. The van der Waals surface area contributed by atoms with E-state index >= 15 is 0 Å². The summed E-state index contributed by atoms with van der Waals surface area (Å²) in [7, 11) is 0. The molecule has 5 aromatic carbocycles. The number of benzene rings is 5. The molecule has 0 bridgehead atoms. The lowest BCUT2D eigenvalue weighted by Gasteiger charge is -2.39. The fourth-order valence-corrected chi connectivity index (χ4v) is 10.6. The van der Waals surface area contributed by atoms with Gasteiger partial charge in [-0.3, -0.25) is 29.0 Å². The predicted molar refractivity (Wildman–Crippen MR) is 266 cm³/mol. The number of halogens is 5. The van der Waals surface area contributed by atoms with E-state index in [0.29, 0.717) is 74.4 Å². The Morgan fingerprint density at radius 3 is 1.26 bits per heavy atom. The van der Waals surface area contributed by atoms with Crippen LogP contribution in [-0.2, 0) is 32.3 Å². The van der Waals surface area contributed by atoms with E-state index in [2.05, 4.69) is 15.5 Å². The Balaban J connectivity index is 0.830. The van der Waals surface area contributed by atoms with Gasteiger partial charge in [-0.1, -0.05) is 84.9 Å². The molecule has 16 heteroatoms. The molecular formula is C56H60F5N7O4. The van der Waals surface area contributed by atoms with Crippen LogP contribution in [-0.4, -0.2) is 106 Å². The number of rotatable bonds is 15. The average molecular weight is 990 g/mol. The SMILES string of the molecule is O=C(Nc1ccc(CN(Cc2ccc(NC(=O)C3CCCN3C(=O)C(c3ccccc3)N3CCC(F)(F)CC3)cc2)c2ccc(F)cc2)cc1)C1CCCN1C(=O)C(c1ccccc1)N1CCC(F)(F)CC1. The molecule has 0 aliphatic carbocycles. The van der Waals surface area contributed by atoms with Gasteiger partial charge in [-0.25, -0.2) is 22.0 Å². The van der Waals surface area contributed by atoms with E-state index in [1.165, 1.54) is 12.1 Å². The van der Waals surface area contributed by atoms with E-state index in [0.717, 1.165) is 16.8 Å². The minimum Gasteiger partial charge on any atom is -0.363 e. The molecule has 4 saturated heterocycles. The Hall–Kier alpha value is -6.65. The summed E-state index contributed by atoms with van der Waals surface area (Å²) >= 11 is 0. The minimum atomic E-state index is -2.77. The topological polar surface area (TPSA) is 109 Å². The molecular weight excluding hydrogens is 930 g/mol. The smallest absolute Gasteiger partial charge is 0.250 e. The van der Waals surface area contributed by atoms with Crippen LogP contribution in [0.3, 0.4) is 0 Å². The summed E-state index contributed by atoms with van der Waals surface area (Å²) in [6.45, 7) is 1.88. The third-order valence-corrected chi connectivity index (χ3v) is 14.5. The van der Waals surface area contributed by atoms with E-state index in [9.17, 15) is 41.1 Å². The summed E-state index contributed by atoms with van der Waals surface area (Å²) in [5.74, 6) is -7.11. The van der Waals surface area contributed by atoms with Gasteiger partial charge in [-0.05, 0) is 96.5 Å². The summed E-state index contributed by atoms with van der Waals surface area (Å²) in [4.78, 5) is 65.1. The van der Waals surface area contributed by atoms with E-state index in [-0.39, 0.29) is 81.3 Å². The number of carbonyl (C=O) groups excluding carboxylic acids is 4. The van der Waals surface area contributed by atoms with Gasteiger partial charge < -0.3 is 25.3 Å². The summed E-state index contributed by atoms with van der Waals surface area (Å²) in [5, 5.41) is 5.99. The molecule has 4 atom stereocenters. The summed E-state index contributed by atoms with van der Waals surface area (Å²) in [5.41, 5.74) is 5.07. The van der Waals surface area contributed by atoms with Crippen molar-refractivity contribution in [2.45, 2.75) is 100 Å². The van der Waals surface area contributed by atoms with Gasteiger partial charge in [0.1, 0.15) is 30.0 Å². The Morgan fingerprint density at radius 1 is 0.514 bits per heavy atom. The fraction of sp³-hybridized carbons (Fsp3) is 0.393. The van der Waals surface area contributed by atoms with Gasteiger partial charge in [0.25, 0.3) is 11.8 Å². The van der Waals surface area contributed by atoms with Crippen LogP contribution in [0.15, 0.2) is 133 Å². The number of nitrogens with zero attached hydrogens (tertiary/aromatic N) is 5. The maximum atomic E-state index is 14.3. The monoisotopic (exact) mass is 989 g/mol. The van der Waals surface area contributed by atoms with Crippen molar-refractivity contribution >= 4 is 40.7 Å². The molecule has 378 valence electrons. The quantitative estimate of drug-likeness (QED) is 0.101. The first-order valence-electron chi connectivity index (χ1n) is 25.0. The van der Waals surface area contributed by atoms with Crippen LogP contribution >= 0.6 is 0 Å². The standard InChI is InChI=1S/C56H60F5N7O4/c57-43-19-25-46(26-20-43)66(37-39-15-21-44(22-16-39)62-51(69)47-13-7-31-67(47)53(71)49(41-9-3-1-4-10-41)64-33-27-55(58,59)28-34-64)38-40-17-23-45(24-18-40)63-52(70)48-14-8-32-68(48)54(72)50(42-11-5-2-6-12-42)65-35-29-56(60,61)30-36-65/h1-6,9-12,15-26,47-50H,7-8,13-14,27-38H2,(H,62,69)(H,63,70). The molecule has 0 spiro atoms. The lowest BCUT2D eigenvalue weighted by Crippen LogP contribution is -2.51. The third kappa shape index (κ3) is 12.0. The van der Waals surface area contributed by atoms with Gasteiger partial charge in [0.15, 0.2) is 0 Å². The molecule has 4 aliphatic heterocycles. The lowest BCUT2D eigenvalue weighted by atomic mass is 9.98. The zero-order chi connectivity index (χ0) is 50.4. The van der Waals surface area contributed by atoms with Crippen LogP contribution in [0.5, 0.6) is 0 Å². The van der Waals surface area contributed by atoms with Gasteiger partial charge in [0.05, 0.1) is 0 Å². The van der Waals surface area contributed by atoms with E-state index in [1.807, 2.05) is 84.9 Å². The first-order valence-corrected chi connectivity index (χ1v) is 25.0.